The molecule has 2 saturated heterocycles. The number of rotatable bonds is 14. The van der Waals surface area contributed by atoms with Crippen molar-refractivity contribution in [3.63, 3.8) is 0 Å². The number of benzene rings is 4. The van der Waals surface area contributed by atoms with E-state index in [1.54, 1.807) is 42.2 Å². The zero-order valence-corrected chi connectivity index (χ0v) is 48.8. The number of ether oxygens (including phenoxy) is 8. The van der Waals surface area contributed by atoms with Crippen LogP contribution in [0, 0.1) is 65.8 Å². The number of hydrogen-bond acceptors (Lipinski definition) is 16. The van der Waals surface area contributed by atoms with Gasteiger partial charge < -0.3 is 70.6 Å². The summed E-state index contributed by atoms with van der Waals surface area (Å²) in [5.41, 5.74) is 24.0. The highest BCUT2D eigenvalue weighted by molar-refractivity contribution is 6.00. The number of halogens is 3. The predicted molar refractivity (Wildman–Crippen MR) is 317 cm³/mol. The molecule has 0 saturated carbocycles. The van der Waals surface area contributed by atoms with E-state index in [4.69, 9.17) is 73.7 Å². The summed E-state index contributed by atoms with van der Waals surface area (Å²) in [6, 6.07) is 13.3. The standard InChI is InChI=1S/2C21H22FN5O4.C10H9FO2.C10H10O2/c2*1-4-17(28)26-8-7-13(11-26)27-20(23)18(21(24)29)15(25-27)6-5-12-9-14(30-2)10-16(31-3)19(12)22;1-4-7-5-8(12-2)6-9(13-3)10(7)11;1-4-8-5-9(11-2)7-10(6-8)12-3/h2*4,9-10,13H,1,7-8,11,23H2,2-3H3,(H2,24,29);1,5-6H,2-3H3;1,5-7H,2-3H3/t2*13-;;/m00../s1. The predicted octanol–water partition coefficient (Wildman–Crippen LogP) is 5.67. The zero-order chi connectivity index (χ0) is 64.2. The van der Waals surface area contributed by atoms with Gasteiger partial charge in [-0.3, -0.25) is 19.2 Å². The van der Waals surface area contributed by atoms with E-state index < -0.39 is 29.3 Å². The maximum absolute atomic E-state index is 14.6. The van der Waals surface area contributed by atoms with Crippen LogP contribution in [0.5, 0.6) is 46.0 Å². The number of hydrogen-bond donors (Lipinski definition) is 4. The van der Waals surface area contributed by atoms with E-state index in [1.165, 1.54) is 101 Å². The lowest BCUT2D eigenvalue weighted by Gasteiger charge is -2.15. The minimum atomic E-state index is -0.811. The number of nitrogens with zero attached hydrogens (tertiary/aromatic N) is 6. The molecule has 0 bridgehead atoms. The third kappa shape index (κ3) is 16.1. The smallest absolute Gasteiger partial charge is 0.255 e. The first kappa shape index (κ1) is 66.5. The minimum Gasteiger partial charge on any atom is -0.497 e. The number of aromatic nitrogens is 4. The number of terminal acetylenes is 2. The van der Waals surface area contributed by atoms with Crippen LogP contribution in [0.2, 0.25) is 0 Å². The Morgan fingerprint density at radius 1 is 0.517 bits per heavy atom. The number of anilines is 2. The fourth-order valence-electron chi connectivity index (χ4n) is 8.60. The zero-order valence-electron chi connectivity index (χ0n) is 48.8. The van der Waals surface area contributed by atoms with Gasteiger partial charge in [0.15, 0.2) is 46.1 Å². The second-order valence-corrected chi connectivity index (χ2v) is 18.2. The molecule has 2 aliphatic rings. The summed E-state index contributed by atoms with van der Waals surface area (Å²) in [6.07, 6.45) is 14.0. The van der Waals surface area contributed by atoms with Crippen molar-refractivity contribution in [2.45, 2.75) is 24.9 Å². The van der Waals surface area contributed by atoms with Gasteiger partial charge in [0, 0.05) is 56.0 Å². The highest BCUT2D eigenvalue weighted by Gasteiger charge is 2.32. The molecule has 2 aromatic heterocycles. The van der Waals surface area contributed by atoms with Crippen molar-refractivity contribution in [2.75, 3.05) is 94.5 Å². The lowest BCUT2D eigenvalue weighted by atomic mass is 10.1. The normalized spacial score (nSPS) is 13.4. The summed E-state index contributed by atoms with van der Waals surface area (Å²) in [5.74, 6) is 14.1. The second-order valence-electron chi connectivity index (χ2n) is 18.2. The van der Waals surface area contributed by atoms with Gasteiger partial charge in [0.05, 0.1) is 85.7 Å². The maximum Gasteiger partial charge on any atom is 0.255 e. The van der Waals surface area contributed by atoms with Crippen LogP contribution in [0.15, 0.2) is 79.9 Å². The Labute approximate surface area is 500 Å². The van der Waals surface area contributed by atoms with Gasteiger partial charge in [-0.2, -0.15) is 10.2 Å². The van der Waals surface area contributed by atoms with Gasteiger partial charge in [0.25, 0.3) is 11.8 Å². The van der Waals surface area contributed by atoms with E-state index in [-0.39, 0.29) is 92.0 Å². The Bertz CT molecular complexity index is 3610. The quantitative estimate of drug-likeness (QED) is 0.0755. The molecule has 0 spiro atoms. The first-order valence-electron chi connectivity index (χ1n) is 25.8. The third-order valence-electron chi connectivity index (χ3n) is 13.1. The molecule has 454 valence electrons. The molecule has 2 atom stereocenters. The summed E-state index contributed by atoms with van der Waals surface area (Å²) in [7, 11) is 11.5. The average molecular weight is 1200 g/mol. The Hall–Kier alpha value is -11.3. The molecule has 4 amide bonds. The number of carbonyl (C=O) groups excluding carboxylic acids is 4. The molecule has 2 aliphatic heterocycles. The van der Waals surface area contributed by atoms with Crippen molar-refractivity contribution in [3.8, 4) is 94.4 Å². The van der Waals surface area contributed by atoms with E-state index >= 15 is 0 Å². The molecule has 8 rings (SSSR count). The molecule has 0 radical (unpaired) electrons. The molecule has 6 aromatic rings. The molecule has 25 heteroatoms. The molecule has 87 heavy (non-hydrogen) atoms. The minimum absolute atomic E-state index is 0.0108. The van der Waals surface area contributed by atoms with Crippen molar-refractivity contribution in [1.82, 2.24) is 29.4 Å². The van der Waals surface area contributed by atoms with E-state index in [9.17, 15) is 32.3 Å². The molecular weight excluding hydrogens is 1130 g/mol. The van der Waals surface area contributed by atoms with Crippen LogP contribution in [0.4, 0.5) is 24.8 Å². The highest BCUT2D eigenvalue weighted by atomic mass is 19.1. The van der Waals surface area contributed by atoms with Crippen molar-refractivity contribution < 1.29 is 70.2 Å². The number of likely N-dealkylation sites (tertiary alicyclic amines) is 2. The molecule has 4 heterocycles. The summed E-state index contributed by atoms with van der Waals surface area (Å²) in [4.78, 5) is 50.9. The summed E-state index contributed by atoms with van der Waals surface area (Å²) < 4.78 is 85.2. The largest absolute Gasteiger partial charge is 0.497 e. The van der Waals surface area contributed by atoms with Gasteiger partial charge in [-0.05, 0) is 67.2 Å². The number of amides is 4. The lowest BCUT2D eigenvalue weighted by Crippen LogP contribution is -2.27. The molecular formula is C62H63F3N10O12. The number of nitrogens with two attached hydrogens (primary N) is 4. The van der Waals surface area contributed by atoms with Crippen LogP contribution < -0.4 is 60.8 Å². The van der Waals surface area contributed by atoms with Gasteiger partial charge in [-0.25, -0.2) is 22.5 Å². The topological polar surface area (TPSA) is 288 Å². The summed E-state index contributed by atoms with van der Waals surface area (Å²) >= 11 is 0. The van der Waals surface area contributed by atoms with E-state index in [1.807, 2.05) is 0 Å². The van der Waals surface area contributed by atoms with Crippen molar-refractivity contribution in [1.29, 1.82) is 0 Å². The van der Waals surface area contributed by atoms with Crippen LogP contribution in [0.25, 0.3) is 0 Å². The Morgan fingerprint density at radius 2 is 0.851 bits per heavy atom. The van der Waals surface area contributed by atoms with E-state index in [2.05, 4.69) is 58.9 Å². The Kier molecular flexibility index (Phi) is 23.6. The number of methoxy groups -OCH3 is 8. The summed E-state index contributed by atoms with van der Waals surface area (Å²) in [5, 5.41) is 8.66. The van der Waals surface area contributed by atoms with Gasteiger partial charge in [-0.15, -0.1) is 12.8 Å². The summed E-state index contributed by atoms with van der Waals surface area (Å²) in [6.45, 7) is 8.66. The maximum atomic E-state index is 14.6. The lowest BCUT2D eigenvalue weighted by molar-refractivity contribution is -0.125. The molecule has 8 N–H and O–H groups in total. The fourth-order valence-corrected chi connectivity index (χ4v) is 8.60. The Morgan fingerprint density at radius 3 is 1.15 bits per heavy atom. The van der Waals surface area contributed by atoms with Crippen LogP contribution in [0.3, 0.4) is 0 Å². The highest BCUT2D eigenvalue weighted by Crippen LogP contribution is 2.32. The van der Waals surface area contributed by atoms with Crippen LogP contribution in [0.1, 0.15) is 79.3 Å². The van der Waals surface area contributed by atoms with E-state index in [0.29, 0.717) is 67.8 Å². The molecule has 2 fully saturated rings. The van der Waals surface area contributed by atoms with Crippen molar-refractivity contribution in [2.24, 2.45) is 11.5 Å². The molecule has 0 aliphatic carbocycles. The first-order chi connectivity index (χ1) is 41.6. The third-order valence-corrected chi connectivity index (χ3v) is 13.1. The van der Waals surface area contributed by atoms with Gasteiger partial charge in [0.2, 0.25) is 11.8 Å². The number of carbonyl (C=O) groups is 4. The SMILES string of the molecule is C#Cc1cc(OC)cc(OC)c1.C#Cc1cc(OC)cc(OC)c1F.C=CC(=O)N1CC[C@H](n2nc(C#Cc3cc(OC)cc(OC)c3F)c(C(N)=O)c2N)C1.C=CC(=O)N1CC[C@H](n2nc(C#Cc3cc(OC)cc(OC)c3F)c(C(N)=O)c2N)C1. The first-order valence-corrected chi connectivity index (χ1v) is 25.8. The average Bonchev–Trinajstić information content (AvgIpc) is 2.02. The Balaban J connectivity index is 0.000000230. The van der Waals surface area contributed by atoms with Crippen LogP contribution >= 0.6 is 0 Å². The second kappa shape index (κ2) is 30.8. The fraction of sp³-hybridized carbons (Fsp3) is 0.258. The van der Waals surface area contributed by atoms with E-state index in [0.717, 1.165) is 5.56 Å². The monoisotopic (exact) mass is 1200 g/mol. The van der Waals surface area contributed by atoms with Gasteiger partial charge in [-0.1, -0.05) is 36.8 Å². The van der Waals surface area contributed by atoms with Crippen molar-refractivity contribution in [3.05, 3.63) is 142 Å². The van der Waals surface area contributed by atoms with Gasteiger partial charge >= 0.3 is 0 Å². The number of nitrogen functional groups attached to an aromatic ring is 2. The molecule has 22 nitrogen and oxygen atoms in total. The van der Waals surface area contributed by atoms with Crippen LogP contribution in [-0.4, -0.2) is 136 Å². The molecule has 4 aromatic carbocycles. The molecule has 0 unspecified atom stereocenters. The van der Waals surface area contributed by atoms with Crippen molar-refractivity contribution >= 4 is 35.3 Å². The van der Waals surface area contributed by atoms with Gasteiger partial charge in [0.1, 0.15) is 51.5 Å². The number of primary amides is 2. The van der Waals surface area contributed by atoms with Crippen LogP contribution in [-0.2, 0) is 9.59 Å².